The Kier molecular flexibility index (Phi) is 2.63. The van der Waals surface area contributed by atoms with Crippen molar-refractivity contribution < 1.29 is 4.92 Å². The molecule has 2 aromatic rings. The summed E-state index contributed by atoms with van der Waals surface area (Å²) in [4.78, 5) is 10.4. The van der Waals surface area contributed by atoms with Crippen molar-refractivity contribution in [2.45, 2.75) is 6.92 Å². The van der Waals surface area contributed by atoms with Crippen molar-refractivity contribution in [1.82, 2.24) is 4.57 Å². The average Bonchev–Trinajstić information content (AvgIpc) is 2.77. The summed E-state index contributed by atoms with van der Waals surface area (Å²) >= 11 is 0. The van der Waals surface area contributed by atoms with Crippen molar-refractivity contribution in [3.05, 3.63) is 57.9 Å². The number of aromatic nitrogens is 1. The normalized spacial score (nSPS) is 9.88. The fraction of sp³-hybridized carbons (Fsp3) is 0.0833. The number of benzene rings is 1. The molecule has 1 aromatic heterocycles. The summed E-state index contributed by atoms with van der Waals surface area (Å²) in [6.07, 6.45) is 1.70. The maximum Gasteiger partial charge on any atom is 0.274 e. The summed E-state index contributed by atoms with van der Waals surface area (Å²) in [6.45, 7) is 1.68. The molecule has 0 bridgehead atoms. The number of nitro groups is 1. The Morgan fingerprint density at radius 1 is 1.41 bits per heavy atom. The van der Waals surface area contributed by atoms with Gasteiger partial charge in [0.25, 0.3) is 5.69 Å². The molecule has 0 saturated carbocycles. The van der Waals surface area contributed by atoms with Gasteiger partial charge in [0.05, 0.1) is 10.6 Å². The Labute approximate surface area is 97.7 Å². The van der Waals surface area contributed by atoms with Gasteiger partial charge in [-0.15, -0.1) is 0 Å². The molecular formula is C12H9N3O2. The van der Waals surface area contributed by atoms with E-state index in [-0.39, 0.29) is 5.69 Å². The minimum Gasteiger partial charge on any atom is -0.308 e. The van der Waals surface area contributed by atoms with E-state index in [1.807, 2.05) is 6.07 Å². The zero-order valence-corrected chi connectivity index (χ0v) is 9.12. The van der Waals surface area contributed by atoms with Crippen LogP contribution in [0.25, 0.3) is 5.69 Å². The standard InChI is InChI=1S/C12H9N3O2/c1-9-4-5-10(7-12(9)15(16)17)14-6-2-3-11(14)8-13/h2-7H,1H3. The first-order valence-electron chi connectivity index (χ1n) is 4.96. The average molecular weight is 227 g/mol. The molecule has 84 valence electrons. The van der Waals surface area contributed by atoms with Gasteiger partial charge < -0.3 is 4.57 Å². The maximum absolute atomic E-state index is 10.8. The molecule has 17 heavy (non-hydrogen) atoms. The highest BCUT2D eigenvalue weighted by Gasteiger charge is 2.12. The second-order valence-electron chi connectivity index (χ2n) is 3.60. The van der Waals surface area contributed by atoms with Crippen LogP contribution in [0.1, 0.15) is 11.3 Å². The van der Waals surface area contributed by atoms with Crippen LogP contribution in [0.3, 0.4) is 0 Å². The van der Waals surface area contributed by atoms with Crippen LogP contribution in [0.2, 0.25) is 0 Å². The first kappa shape index (κ1) is 10.9. The molecule has 0 amide bonds. The number of hydrogen-bond donors (Lipinski definition) is 0. The number of nitriles is 1. The zero-order valence-electron chi connectivity index (χ0n) is 9.12. The van der Waals surface area contributed by atoms with Gasteiger partial charge in [0.2, 0.25) is 0 Å². The van der Waals surface area contributed by atoms with E-state index in [9.17, 15) is 10.1 Å². The van der Waals surface area contributed by atoms with Gasteiger partial charge >= 0.3 is 0 Å². The molecule has 0 spiro atoms. The molecule has 0 atom stereocenters. The van der Waals surface area contributed by atoms with Crippen LogP contribution in [-0.4, -0.2) is 9.49 Å². The monoisotopic (exact) mass is 227 g/mol. The molecule has 1 aromatic carbocycles. The first-order chi connectivity index (χ1) is 8.13. The van der Waals surface area contributed by atoms with Gasteiger partial charge in [0.1, 0.15) is 11.8 Å². The van der Waals surface area contributed by atoms with Gasteiger partial charge in [0, 0.05) is 17.8 Å². The highest BCUT2D eigenvalue weighted by atomic mass is 16.6. The third kappa shape index (κ3) is 1.88. The molecule has 0 saturated heterocycles. The van der Waals surface area contributed by atoms with Crippen LogP contribution in [0.4, 0.5) is 5.69 Å². The van der Waals surface area contributed by atoms with E-state index in [4.69, 9.17) is 5.26 Å². The van der Waals surface area contributed by atoms with E-state index in [0.29, 0.717) is 16.9 Å². The van der Waals surface area contributed by atoms with Crippen molar-refractivity contribution >= 4 is 5.69 Å². The van der Waals surface area contributed by atoms with Gasteiger partial charge in [-0.2, -0.15) is 5.26 Å². The molecule has 0 aliphatic carbocycles. The highest BCUT2D eigenvalue weighted by Crippen LogP contribution is 2.22. The highest BCUT2D eigenvalue weighted by molar-refractivity contribution is 5.50. The molecule has 2 rings (SSSR count). The lowest BCUT2D eigenvalue weighted by Gasteiger charge is -2.05. The molecule has 0 unspecified atom stereocenters. The summed E-state index contributed by atoms with van der Waals surface area (Å²) in [7, 11) is 0. The van der Waals surface area contributed by atoms with E-state index in [2.05, 4.69) is 0 Å². The Morgan fingerprint density at radius 3 is 2.82 bits per heavy atom. The Balaban J connectivity index is 2.59. The topological polar surface area (TPSA) is 71.9 Å². The fourth-order valence-corrected chi connectivity index (χ4v) is 1.64. The summed E-state index contributed by atoms with van der Waals surface area (Å²) in [5, 5.41) is 19.7. The van der Waals surface area contributed by atoms with Crippen LogP contribution in [-0.2, 0) is 0 Å². The van der Waals surface area contributed by atoms with E-state index in [0.717, 1.165) is 0 Å². The Bertz CT molecular complexity index is 623. The van der Waals surface area contributed by atoms with E-state index < -0.39 is 4.92 Å². The molecule has 0 aliphatic rings. The molecule has 0 aliphatic heterocycles. The molecular weight excluding hydrogens is 218 g/mol. The summed E-state index contributed by atoms with van der Waals surface area (Å²) in [6, 6.07) is 10.3. The van der Waals surface area contributed by atoms with E-state index in [1.165, 1.54) is 6.07 Å². The lowest BCUT2D eigenvalue weighted by molar-refractivity contribution is -0.385. The molecule has 5 heteroatoms. The third-order valence-corrected chi connectivity index (χ3v) is 2.53. The van der Waals surface area contributed by atoms with Crippen LogP contribution < -0.4 is 0 Å². The fourth-order valence-electron chi connectivity index (χ4n) is 1.64. The minimum absolute atomic E-state index is 0.0556. The van der Waals surface area contributed by atoms with Crippen molar-refractivity contribution in [1.29, 1.82) is 5.26 Å². The number of nitrogens with zero attached hydrogens (tertiary/aromatic N) is 3. The molecule has 1 heterocycles. The van der Waals surface area contributed by atoms with E-state index in [1.54, 1.807) is 42.0 Å². The summed E-state index contributed by atoms with van der Waals surface area (Å²) in [5.41, 5.74) is 1.72. The number of rotatable bonds is 2. The molecule has 0 fully saturated rings. The predicted octanol–water partition coefficient (Wildman–Crippen LogP) is 2.57. The lowest BCUT2D eigenvalue weighted by atomic mass is 10.2. The largest absolute Gasteiger partial charge is 0.308 e. The van der Waals surface area contributed by atoms with Crippen molar-refractivity contribution in [2.75, 3.05) is 0 Å². The minimum atomic E-state index is -0.422. The second kappa shape index (κ2) is 4.10. The van der Waals surface area contributed by atoms with Gasteiger partial charge in [-0.3, -0.25) is 10.1 Å². The van der Waals surface area contributed by atoms with Gasteiger partial charge in [0.15, 0.2) is 0 Å². The van der Waals surface area contributed by atoms with Crippen molar-refractivity contribution in [3.8, 4) is 11.8 Å². The number of hydrogen-bond acceptors (Lipinski definition) is 3. The van der Waals surface area contributed by atoms with Crippen molar-refractivity contribution in [3.63, 3.8) is 0 Å². The Morgan fingerprint density at radius 2 is 2.18 bits per heavy atom. The SMILES string of the molecule is Cc1ccc(-n2cccc2C#N)cc1[N+](=O)[O-]. The zero-order chi connectivity index (χ0) is 12.4. The molecule has 5 nitrogen and oxygen atoms in total. The lowest BCUT2D eigenvalue weighted by Crippen LogP contribution is -1.98. The predicted molar refractivity (Wildman–Crippen MR) is 61.9 cm³/mol. The quantitative estimate of drug-likeness (QED) is 0.584. The summed E-state index contributed by atoms with van der Waals surface area (Å²) in [5.74, 6) is 0. The molecule has 0 radical (unpaired) electrons. The second-order valence-corrected chi connectivity index (χ2v) is 3.60. The van der Waals surface area contributed by atoms with Crippen molar-refractivity contribution in [2.24, 2.45) is 0 Å². The van der Waals surface area contributed by atoms with E-state index >= 15 is 0 Å². The van der Waals surface area contributed by atoms with Crippen LogP contribution in [0.15, 0.2) is 36.5 Å². The summed E-state index contributed by atoms with van der Waals surface area (Å²) < 4.78 is 1.62. The number of aryl methyl sites for hydroxylation is 1. The third-order valence-electron chi connectivity index (χ3n) is 2.53. The van der Waals surface area contributed by atoms with Crippen LogP contribution in [0.5, 0.6) is 0 Å². The Hall–Kier alpha value is -2.61. The van der Waals surface area contributed by atoms with Gasteiger partial charge in [-0.05, 0) is 25.1 Å². The van der Waals surface area contributed by atoms with Crippen LogP contribution in [0, 0.1) is 28.4 Å². The maximum atomic E-state index is 10.8. The molecule has 0 N–H and O–H groups in total. The smallest absolute Gasteiger partial charge is 0.274 e. The van der Waals surface area contributed by atoms with Gasteiger partial charge in [-0.1, -0.05) is 6.07 Å². The van der Waals surface area contributed by atoms with Crippen LogP contribution >= 0.6 is 0 Å². The first-order valence-corrected chi connectivity index (χ1v) is 4.96. The number of nitro benzene ring substituents is 1. The van der Waals surface area contributed by atoms with Gasteiger partial charge in [-0.25, -0.2) is 0 Å².